The van der Waals surface area contributed by atoms with Crippen LogP contribution in [0.5, 0.6) is 0 Å². The van der Waals surface area contributed by atoms with Crippen LogP contribution in [0.15, 0.2) is 89.8 Å². The van der Waals surface area contributed by atoms with Gasteiger partial charge in [-0.1, -0.05) is 48.0 Å². The van der Waals surface area contributed by atoms with Gasteiger partial charge in [-0.15, -0.1) is 11.8 Å². The molecule has 0 radical (unpaired) electrons. The largest absolute Gasteiger partial charge is 0.325 e. The van der Waals surface area contributed by atoms with Gasteiger partial charge < -0.3 is 10.6 Å². The van der Waals surface area contributed by atoms with Crippen molar-refractivity contribution >= 4 is 57.3 Å². The van der Waals surface area contributed by atoms with Crippen molar-refractivity contribution in [3.63, 3.8) is 0 Å². The molecule has 1 unspecified atom stereocenters. The molecule has 0 heterocycles. The third kappa shape index (κ3) is 5.56. The third-order valence-corrected chi connectivity index (χ3v) is 6.85. The number of hydrogen-bond donors (Lipinski definition) is 2. The Kier molecular flexibility index (Phi) is 7.02. The molecule has 4 aromatic carbocycles. The van der Waals surface area contributed by atoms with E-state index in [1.54, 1.807) is 6.07 Å². The number of halogens is 1. The molecule has 0 aliphatic rings. The van der Waals surface area contributed by atoms with Crippen LogP contribution in [0.1, 0.15) is 22.8 Å². The number of thioether (sulfide) groups is 1. The van der Waals surface area contributed by atoms with Gasteiger partial charge in [0, 0.05) is 26.9 Å². The number of carbonyl (C=O) groups is 2. The molecule has 4 nitrogen and oxygen atoms in total. The molecule has 0 saturated carbocycles. The highest BCUT2D eigenvalue weighted by atomic mass is 35.5. The Morgan fingerprint density at radius 1 is 0.848 bits per heavy atom. The zero-order chi connectivity index (χ0) is 23.4. The Morgan fingerprint density at radius 2 is 1.58 bits per heavy atom. The highest BCUT2D eigenvalue weighted by Crippen LogP contribution is 2.28. The summed E-state index contributed by atoms with van der Waals surface area (Å²) in [5.74, 6) is -0.259. The maximum absolute atomic E-state index is 12.7. The molecule has 4 aromatic rings. The van der Waals surface area contributed by atoms with Crippen LogP contribution in [0.2, 0.25) is 5.02 Å². The molecule has 0 saturated heterocycles. The maximum Gasteiger partial charge on any atom is 0.255 e. The highest BCUT2D eigenvalue weighted by Gasteiger charge is 2.16. The minimum atomic E-state index is -0.304. The van der Waals surface area contributed by atoms with Crippen molar-refractivity contribution in [1.29, 1.82) is 0 Å². The summed E-state index contributed by atoms with van der Waals surface area (Å²) in [6.07, 6.45) is 0. The third-order valence-electron chi connectivity index (χ3n) is 5.33. The lowest BCUT2D eigenvalue weighted by Crippen LogP contribution is -2.22. The fourth-order valence-corrected chi connectivity index (χ4v) is 4.43. The van der Waals surface area contributed by atoms with Crippen molar-refractivity contribution in [2.45, 2.75) is 24.0 Å². The Balaban J connectivity index is 1.36. The Bertz CT molecular complexity index is 1320. The summed E-state index contributed by atoms with van der Waals surface area (Å²) >= 11 is 7.58. The summed E-state index contributed by atoms with van der Waals surface area (Å²) in [5, 5.41) is 8.31. The molecular formula is C27H23ClN2O2S. The smallest absolute Gasteiger partial charge is 0.255 e. The minimum absolute atomic E-state index is 0.0981. The molecular weight excluding hydrogens is 452 g/mol. The van der Waals surface area contributed by atoms with E-state index in [0.717, 1.165) is 21.2 Å². The van der Waals surface area contributed by atoms with Crippen LogP contribution in [0.25, 0.3) is 10.8 Å². The lowest BCUT2D eigenvalue weighted by Gasteiger charge is -2.14. The van der Waals surface area contributed by atoms with Gasteiger partial charge in [-0.25, -0.2) is 0 Å². The Labute approximate surface area is 202 Å². The van der Waals surface area contributed by atoms with Gasteiger partial charge in [-0.2, -0.15) is 0 Å². The normalized spacial score (nSPS) is 11.7. The van der Waals surface area contributed by atoms with Crippen LogP contribution < -0.4 is 10.6 Å². The molecule has 6 heteroatoms. The molecule has 1 atom stereocenters. The van der Waals surface area contributed by atoms with Crippen LogP contribution in [-0.2, 0) is 4.79 Å². The molecule has 0 spiro atoms. The number of benzene rings is 4. The first kappa shape index (κ1) is 22.9. The van der Waals surface area contributed by atoms with Crippen molar-refractivity contribution < 1.29 is 9.59 Å². The second-order valence-electron chi connectivity index (χ2n) is 7.70. The second-order valence-corrected chi connectivity index (χ2v) is 9.52. The van der Waals surface area contributed by atoms with Crippen LogP contribution >= 0.6 is 23.4 Å². The average molecular weight is 475 g/mol. The maximum atomic E-state index is 12.7. The Hall–Kier alpha value is -3.28. The summed E-state index contributed by atoms with van der Waals surface area (Å²) in [4.78, 5) is 26.2. The van der Waals surface area contributed by atoms with E-state index in [0.29, 0.717) is 22.0 Å². The van der Waals surface area contributed by atoms with E-state index in [9.17, 15) is 9.59 Å². The first-order valence-electron chi connectivity index (χ1n) is 10.5. The van der Waals surface area contributed by atoms with Gasteiger partial charge in [0.2, 0.25) is 5.91 Å². The summed E-state index contributed by atoms with van der Waals surface area (Å²) < 4.78 is 0. The van der Waals surface area contributed by atoms with Crippen LogP contribution in [0, 0.1) is 6.92 Å². The second kappa shape index (κ2) is 10.1. The summed E-state index contributed by atoms with van der Waals surface area (Å²) in [5.41, 5.74) is 2.86. The standard InChI is InChI=1S/C27H23ClN2O2S/c1-17-24(28)8-5-9-25(17)30-26(31)18(2)33-23-14-12-22(13-15-23)29-27(32)21-11-10-19-6-3-4-7-20(19)16-21/h3-16,18H,1-2H3,(H,29,32)(H,30,31). The van der Waals surface area contributed by atoms with Crippen molar-refractivity contribution in [3.05, 3.63) is 101 Å². The van der Waals surface area contributed by atoms with E-state index in [1.807, 2.05) is 92.7 Å². The number of fused-ring (bicyclic) bond motifs is 1. The predicted molar refractivity (Wildman–Crippen MR) is 138 cm³/mol. The predicted octanol–water partition coefficient (Wildman–Crippen LogP) is 7.17. The lowest BCUT2D eigenvalue weighted by atomic mass is 10.1. The average Bonchev–Trinajstić information content (AvgIpc) is 2.82. The summed E-state index contributed by atoms with van der Waals surface area (Å²) in [6, 6.07) is 26.5. The van der Waals surface area contributed by atoms with Crippen LogP contribution in [0.3, 0.4) is 0 Å². The molecule has 0 aliphatic heterocycles. The van der Waals surface area contributed by atoms with Crippen LogP contribution in [0.4, 0.5) is 11.4 Å². The SMILES string of the molecule is Cc1c(Cl)cccc1NC(=O)C(C)Sc1ccc(NC(=O)c2ccc3ccccc3c2)cc1. The van der Waals surface area contributed by atoms with E-state index in [1.165, 1.54) is 11.8 Å². The summed E-state index contributed by atoms with van der Waals surface area (Å²) in [6.45, 7) is 3.73. The van der Waals surface area contributed by atoms with Gasteiger partial charge >= 0.3 is 0 Å². The van der Waals surface area contributed by atoms with E-state index < -0.39 is 0 Å². The number of nitrogens with one attached hydrogen (secondary N) is 2. The number of carbonyl (C=O) groups excluding carboxylic acids is 2. The topological polar surface area (TPSA) is 58.2 Å². The number of rotatable bonds is 6. The number of hydrogen-bond acceptors (Lipinski definition) is 3. The van der Waals surface area contributed by atoms with Crippen molar-refractivity contribution in [2.75, 3.05) is 10.6 Å². The summed E-state index contributed by atoms with van der Waals surface area (Å²) in [7, 11) is 0. The lowest BCUT2D eigenvalue weighted by molar-refractivity contribution is -0.115. The van der Waals surface area contributed by atoms with Crippen molar-refractivity contribution in [1.82, 2.24) is 0 Å². The molecule has 4 rings (SSSR count). The van der Waals surface area contributed by atoms with E-state index >= 15 is 0 Å². The van der Waals surface area contributed by atoms with Gasteiger partial charge in [0.25, 0.3) is 5.91 Å². The number of anilines is 2. The fraction of sp³-hybridized carbons (Fsp3) is 0.111. The van der Waals surface area contributed by atoms with Crippen molar-refractivity contribution in [2.24, 2.45) is 0 Å². The van der Waals surface area contributed by atoms with E-state index in [2.05, 4.69) is 10.6 Å². The molecule has 2 amide bonds. The molecule has 0 bridgehead atoms. The van der Waals surface area contributed by atoms with E-state index in [-0.39, 0.29) is 17.1 Å². The molecule has 0 aliphatic carbocycles. The monoisotopic (exact) mass is 474 g/mol. The van der Waals surface area contributed by atoms with Gasteiger partial charge in [0.1, 0.15) is 0 Å². The minimum Gasteiger partial charge on any atom is -0.325 e. The highest BCUT2D eigenvalue weighted by molar-refractivity contribution is 8.00. The molecule has 0 fully saturated rings. The Morgan fingerprint density at radius 3 is 2.33 bits per heavy atom. The zero-order valence-corrected chi connectivity index (χ0v) is 19.8. The quantitative estimate of drug-likeness (QED) is 0.291. The van der Waals surface area contributed by atoms with Crippen LogP contribution in [-0.4, -0.2) is 17.1 Å². The molecule has 2 N–H and O–H groups in total. The van der Waals surface area contributed by atoms with Gasteiger partial charge in [-0.05, 0) is 78.7 Å². The molecule has 166 valence electrons. The van der Waals surface area contributed by atoms with Gasteiger partial charge in [-0.3, -0.25) is 9.59 Å². The zero-order valence-electron chi connectivity index (χ0n) is 18.3. The fourth-order valence-electron chi connectivity index (χ4n) is 3.39. The number of amides is 2. The van der Waals surface area contributed by atoms with E-state index in [4.69, 9.17) is 11.6 Å². The van der Waals surface area contributed by atoms with Gasteiger partial charge in [0.05, 0.1) is 5.25 Å². The first-order valence-corrected chi connectivity index (χ1v) is 11.8. The molecule has 33 heavy (non-hydrogen) atoms. The first-order chi connectivity index (χ1) is 15.9. The van der Waals surface area contributed by atoms with Gasteiger partial charge in [0.15, 0.2) is 0 Å². The molecule has 0 aromatic heterocycles. The van der Waals surface area contributed by atoms with Crippen molar-refractivity contribution in [3.8, 4) is 0 Å².